The van der Waals surface area contributed by atoms with Gasteiger partial charge in [0.15, 0.2) is 0 Å². The van der Waals surface area contributed by atoms with Gasteiger partial charge < -0.3 is 11.1 Å². The van der Waals surface area contributed by atoms with E-state index in [-0.39, 0.29) is 17.9 Å². The topological polar surface area (TPSA) is 55.1 Å². The first kappa shape index (κ1) is 13.7. The second-order valence-electron chi connectivity index (χ2n) is 4.91. The minimum Gasteiger partial charge on any atom is -0.348 e. The molecule has 3 nitrogen and oxygen atoms in total. The minimum absolute atomic E-state index is 0.00657. The summed E-state index contributed by atoms with van der Waals surface area (Å²) in [6.07, 6.45) is 0. The van der Waals surface area contributed by atoms with E-state index >= 15 is 0 Å². The fourth-order valence-electron chi connectivity index (χ4n) is 1.55. The second-order valence-corrected chi connectivity index (χ2v) is 4.91. The maximum Gasteiger partial charge on any atom is 0.237 e. The van der Waals surface area contributed by atoms with Gasteiger partial charge in [-0.15, -0.1) is 0 Å². The standard InChI is InChI=1S/C14H22N2O/c1-9(2)13(15)14(17)16-11(4)12-7-5-10(3)6-8-12/h5-9,11,13H,15H2,1-4H3,(H,16,17). The van der Waals surface area contributed by atoms with Gasteiger partial charge in [0, 0.05) is 0 Å². The monoisotopic (exact) mass is 234 g/mol. The van der Waals surface area contributed by atoms with Crippen LogP contribution >= 0.6 is 0 Å². The molecule has 0 saturated heterocycles. The summed E-state index contributed by atoms with van der Waals surface area (Å²) in [6, 6.07) is 7.69. The molecule has 0 heterocycles. The highest BCUT2D eigenvalue weighted by atomic mass is 16.2. The van der Waals surface area contributed by atoms with Crippen molar-refractivity contribution in [1.29, 1.82) is 0 Å². The van der Waals surface area contributed by atoms with Crippen LogP contribution in [0.1, 0.15) is 37.9 Å². The highest BCUT2D eigenvalue weighted by Gasteiger charge is 2.19. The first-order valence-electron chi connectivity index (χ1n) is 6.04. The molecule has 0 saturated carbocycles. The van der Waals surface area contributed by atoms with Crippen LogP contribution in [-0.4, -0.2) is 11.9 Å². The maximum absolute atomic E-state index is 11.8. The van der Waals surface area contributed by atoms with E-state index in [4.69, 9.17) is 5.73 Å². The predicted octanol–water partition coefficient (Wildman–Crippen LogP) is 2.16. The van der Waals surface area contributed by atoms with Gasteiger partial charge in [0.05, 0.1) is 12.1 Å². The summed E-state index contributed by atoms with van der Waals surface area (Å²) < 4.78 is 0. The van der Waals surface area contributed by atoms with Crippen molar-refractivity contribution in [3.8, 4) is 0 Å². The molecule has 1 amide bonds. The molecule has 0 spiro atoms. The Morgan fingerprint density at radius 3 is 2.18 bits per heavy atom. The highest BCUT2D eigenvalue weighted by Crippen LogP contribution is 2.13. The summed E-state index contributed by atoms with van der Waals surface area (Å²) in [6.45, 7) is 7.90. The summed E-state index contributed by atoms with van der Waals surface area (Å²) in [5, 5.41) is 2.93. The number of nitrogens with two attached hydrogens (primary N) is 1. The smallest absolute Gasteiger partial charge is 0.237 e. The van der Waals surface area contributed by atoms with Crippen LogP contribution in [-0.2, 0) is 4.79 Å². The van der Waals surface area contributed by atoms with Gasteiger partial charge in [-0.3, -0.25) is 4.79 Å². The molecule has 3 N–H and O–H groups in total. The van der Waals surface area contributed by atoms with Crippen molar-refractivity contribution in [2.45, 2.75) is 39.8 Å². The van der Waals surface area contributed by atoms with Crippen LogP contribution in [0.25, 0.3) is 0 Å². The third kappa shape index (κ3) is 3.86. The maximum atomic E-state index is 11.8. The molecule has 2 atom stereocenters. The van der Waals surface area contributed by atoms with Crippen LogP contribution in [0.4, 0.5) is 0 Å². The predicted molar refractivity (Wildman–Crippen MR) is 70.6 cm³/mol. The van der Waals surface area contributed by atoms with Gasteiger partial charge >= 0.3 is 0 Å². The van der Waals surface area contributed by atoms with E-state index in [1.54, 1.807) is 0 Å². The van der Waals surface area contributed by atoms with Gasteiger partial charge in [0.25, 0.3) is 0 Å². The lowest BCUT2D eigenvalue weighted by atomic mass is 10.0. The average Bonchev–Trinajstić information content (AvgIpc) is 2.28. The van der Waals surface area contributed by atoms with E-state index in [9.17, 15) is 4.79 Å². The Hall–Kier alpha value is -1.35. The fraction of sp³-hybridized carbons (Fsp3) is 0.500. The van der Waals surface area contributed by atoms with Crippen LogP contribution in [0, 0.1) is 12.8 Å². The molecule has 0 radical (unpaired) electrons. The zero-order valence-electron chi connectivity index (χ0n) is 11.0. The highest BCUT2D eigenvalue weighted by molar-refractivity contribution is 5.82. The zero-order chi connectivity index (χ0) is 13.0. The summed E-state index contributed by atoms with van der Waals surface area (Å²) in [5.41, 5.74) is 8.11. The molecule has 0 aromatic heterocycles. The number of amides is 1. The molecule has 3 heteroatoms. The Bertz CT molecular complexity index is 370. The van der Waals surface area contributed by atoms with Crippen LogP contribution < -0.4 is 11.1 Å². The fourth-order valence-corrected chi connectivity index (χ4v) is 1.55. The lowest BCUT2D eigenvalue weighted by Crippen LogP contribution is -2.44. The number of benzene rings is 1. The number of aryl methyl sites for hydroxylation is 1. The van der Waals surface area contributed by atoms with E-state index < -0.39 is 6.04 Å². The Kier molecular flexibility index (Phi) is 4.70. The minimum atomic E-state index is -0.442. The van der Waals surface area contributed by atoms with Crippen LogP contribution in [0.3, 0.4) is 0 Å². The molecule has 0 aliphatic carbocycles. The SMILES string of the molecule is Cc1ccc(C(C)NC(=O)C(N)C(C)C)cc1. The molecule has 17 heavy (non-hydrogen) atoms. The van der Waals surface area contributed by atoms with Crippen LogP contribution in [0.15, 0.2) is 24.3 Å². The molecule has 0 aliphatic rings. The van der Waals surface area contributed by atoms with Crippen molar-refractivity contribution in [3.05, 3.63) is 35.4 Å². The molecular formula is C14H22N2O. The molecular weight excluding hydrogens is 212 g/mol. The molecule has 1 rings (SSSR count). The summed E-state index contributed by atoms with van der Waals surface area (Å²) in [5.74, 6) is 0.0632. The molecule has 1 aromatic carbocycles. The normalized spacial score (nSPS) is 14.5. The van der Waals surface area contributed by atoms with Crippen molar-refractivity contribution in [2.24, 2.45) is 11.7 Å². The van der Waals surface area contributed by atoms with Gasteiger partial charge in [-0.2, -0.15) is 0 Å². The first-order chi connectivity index (χ1) is 7.91. The van der Waals surface area contributed by atoms with Crippen molar-refractivity contribution in [3.63, 3.8) is 0 Å². The van der Waals surface area contributed by atoms with Gasteiger partial charge in [0.2, 0.25) is 5.91 Å². The summed E-state index contributed by atoms with van der Waals surface area (Å²) in [7, 11) is 0. The number of rotatable bonds is 4. The molecule has 1 aromatic rings. The Labute approximate surface area is 103 Å². The molecule has 94 valence electrons. The number of nitrogens with one attached hydrogen (secondary N) is 1. The van der Waals surface area contributed by atoms with E-state index in [2.05, 4.69) is 5.32 Å². The molecule has 2 unspecified atom stereocenters. The Balaban J connectivity index is 2.63. The quantitative estimate of drug-likeness (QED) is 0.838. The lowest BCUT2D eigenvalue weighted by molar-refractivity contribution is -0.123. The number of hydrogen-bond acceptors (Lipinski definition) is 2. The second kappa shape index (κ2) is 5.82. The van der Waals surface area contributed by atoms with Gasteiger partial charge in [-0.25, -0.2) is 0 Å². The van der Waals surface area contributed by atoms with Gasteiger partial charge in [-0.05, 0) is 25.3 Å². The van der Waals surface area contributed by atoms with Crippen molar-refractivity contribution in [1.82, 2.24) is 5.32 Å². The number of carbonyl (C=O) groups excluding carboxylic acids is 1. The van der Waals surface area contributed by atoms with E-state index in [1.807, 2.05) is 52.0 Å². The van der Waals surface area contributed by atoms with E-state index in [1.165, 1.54) is 5.56 Å². The molecule has 0 aliphatic heterocycles. The Morgan fingerprint density at radius 2 is 1.71 bits per heavy atom. The summed E-state index contributed by atoms with van der Waals surface area (Å²) >= 11 is 0. The third-order valence-electron chi connectivity index (χ3n) is 2.96. The molecule has 0 fully saturated rings. The molecule has 0 bridgehead atoms. The van der Waals surface area contributed by atoms with Crippen molar-refractivity contribution in [2.75, 3.05) is 0 Å². The van der Waals surface area contributed by atoms with Crippen LogP contribution in [0.5, 0.6) is 0 Å². The Morgan fingerprint density at radius 1 is 1.18 bits per heavy atom. The van der Waals surface area contributed by atoms with Crippen LogP contribution in [0.2, 0.25) is 0 Å². The van der Waals surface area contributed by atoms with Crippen molar-refractivity contribution < 1.29 is 4.79 Å². The van der Waals surface area contributed by atoms with Crippen molar-refractivity contribution >= 4 is 5.91 Å². The first-order valence-corrected chi connectivity index (χ1v) is 6.04. The van der Waals surface area contributed by atoms with Gasteiger partial charge in [-0.1, -0.05) is 43.7 Å². The number of hydrogen-bond donors (Lipinski definition) is 2. The lowest BCUT2D eigenvalue weighted by Gasteiger charge is -2.20. The number of carbonyl (C=O) groups is 1. The summed E-state index contributed by atoms with van der Waals surface area (Å²) in [4.78, 5) is 11.8. The van der Waals surface area contributed by atoms with E-state index in [0.29, 0.717) is 0 Å². The largest absolute Gasteiger partial charge is 0.348 e. The third-order valence-corrected chi connectivity index (χ3v) is 2.96. The van der Waals surface area contributed by atoms with E-state index in [0.717, 1.165) is 5.56 Å². The average molecular weight is 234 g/mol. The zero-order valence-corrected chi connectivity index (χ0v) is 11.0. The van der Waals surface area contributed by atoms with Gasteiger partial charge in [0.1, 0.15) is 0 Å².